The summed E-state index contributed by atoms with van der Waals surface area (Å²) in [6.07, 6.45) is -4.74. The van der Waals surface area contributed by atoms with Crippen LogP contribution in [0.1, 0.15) is 5.82 Å². The maximum atomic E-state index is 13.1. The lowest BCUT2D eigenvalue weighted by atomic mass is 10.3. The predicted octanol–water partition coefficient (Wildman–Crippen LogP) is 2.49. The largest absolute Gasteiger partial charge is 0.453 e. The molecule has 3 rings (SSSR count). The minimum absolute atomic E-state index is 0.247. The van der Waals surface area contributed by atoms with Gasteiger partial charge in [-0.1, -0.05) is 23.1 Å². The molecule has 1 amide bonds. The van der Waals surface area contributed by atoms with Gasteiger partial charge in [-0.25, -0.2) is 14.1 Å². The molecule has 132 valence electrons. The lowest BCUT2D eigenvalue weighted by Gasteiger charge is -2.05. The van der Waals surface area contributed by atoms with Gasteiger partial charge in [-0.2, -0.15) is 13.2 Å². The van der Waals surface area contributed by atoms with E-state index in [1.807, 2.05) is 0 Å². The van der Waals surface area contributed by atoms with Crippen LogP contribution in [0.2, 0.25) is 0 Å². The molecule has 7 nitrogen and oxygen atoms in total. The molecule has 3 N–H and O–H groups in total. The first kappa shape index (κ1) is 17.4. The van der Waals surface area contributed by atoms with E-state index in [-0.39, 0.29) is 20.7 Å². The lowest BCUT2D eigenvalue weighted by Crippen LogP contribution is -2.21. The number of rotatable bonds is 4. The number of nitrogens with one attached hydrogen (secondary N) is 1. The van der Waals surface area contributed by atoms with Crippen molar-refractivity contribution in [1.29, 1.82) is 0 Å². The first-order valence-electron chi connectivity index (χ1n) is 6.50. The van der Waals surface area contributed by atoms with E-state index >= 15 is 0 Å². The summed E-state index contributed by atoms with van der Waals surface area (Å²) >= 11 is 1.76. The van der Waals surface area contributed by atoms with E-state index in [0.717, 1.165) is 11.3 Å². The molecule has 0 aliphatic carbocycles. The van der Waals surface area contributed by atoms with Crippen LogP contribution in [0.5, 0.6) is 0 Å². The van der Waals surface area contributed by atoms with Gasteiger partial charge in [-0.3, -0.25) is 4.79 Å². The molecule has 0 saturated carbocycles. The van der Waals surface area contributed by atoms with Crippen LogP contribution in [-0.2, 0) is 11.0 Å². The Labute approximate surface area is 145 Å². The standard InChI is InChI=1S/C12H8F4N6OS2/c13-5-1-2-6-7(3-5)25-10(18-6)19-8(23)4-24-11-21-20-9(22(11)17)12(14,15)16/h1-3H,4,17H2,(H,18,19,23). The summed E-state index contributed by atoms with van der Waals surface area (Å²) in [6, 6.07) is 4.00. The van der Waals surface area contributed by atoms with Crippen LogP contribution in [-0.4, -0.2) is 31.5 Å². The third-order valence-corrected chi connectivity index (χ3v) is 4.72. The Morgan fingerprint density at radius 1 is 1.36 bits per heavy atom. The van der Waals surface area contributed by atoms with E-state index < -0.39 is 23.7 Å². The molecule has 13 heteroatoms. The molecule has 0 fully saturated rings. The van der Waals surface area contributed by atoms with Gasteiger partial charge in [0.05, 0.1) is 16.0 Å². The summed E-state index contributed by atoms with van der Waals surface area (Å²) in [4.78, 5) is 16.0. The van der Waals surface area contributed by atoms with Crippen molar-refractivity contribution >= 4 is 44.4 Å². The molecule has 25 heavy (non-hydrogen) atoms. The number of alkyl halides is 3. The Bertz CT molecular complexity index is 937. The second-order valence-corrected chi connectivity index (χ2v) is 6.62. The van der Waals surface area contributed by atoms with Crippen LogP contribution >= 0.6 is 23.1 Å². The molecule has 0 atom stereocenters. The Kier molecular flexibility index (Phi) is 4.51. The molecule has 0 bridgehead atoms. The molecular weight excluding hydrogens is 384 g/mol. The van der Waals surface area contributed by atoms with E-state index in [9.17, 15) is 22.4 Å². The fourth-order valence-corrected chi connectivity index (χ4v) is 3.37. The highest BCUT2D eigenvalue weighted by Crippen LogP contribution is 2.29. The second kappa shape index (κ2) is 6.48. The summed E-state index contributed by atoms with van der Waals surface area (Å²) in [5.74, 6) is 2.71. The summed E-state index contributed by atoms with van der Waals surface area (Å²) in [7, 11) is 0. The molecule has 0 spiro atoms. The number of benzene rings is 1. The lowest BCUT2D eigenvalue weighted by molar-refractivity contribution is -0.146. The van der Waals surface area contributed by atoms with Gasteiger partial charge in [-0.05, 0) is 18.2 Å². The van der Waals surface area contributed by atoms with Gasteiger partial charge in [0, 0.05) is 0 Å². The van der Waals surface area contributed by atoms with Crippen molar-refractivity contribution in [2.45, 2.75) is 11.3 Å². The van der Waals surface area contributed by atoms with Crippen molar-refractivity contribution in [3.8, 4) is 0 Å². The maximum Gasteiger partial charge on any atom is 0.453 e. The number of halogens is 4. The molecule has 1 aromatic carbocycles. The van der Waals surface area contributed by atoms with E-state index in [1.54, 1.807) is 0 Å². The van der Waals surface area contributed by atoms with Crippen molar-refractivity contribution in [3.63, 3.8) is 0 Å². The topological polar surface area (TPSA) is 98.7 Å². The highest BCUT2D eigenvalue weighted by atomic mass is 32.2. The number of carbonyl (C=O) groups excluding carboxylic acids is 1. The number of nitrogens with zero attached hydrogens (tertiary/aromatic N) is 4. The number of hydrogen-bond acceptors (Lipinski definition) is 7. The number of nitrogens with two attached hydrogens (primary N) is 1. The van der Waals surface area contributed by atoms with Crippen LogP contribution < -0.4 is 11.2 Å². The molecular formula is C12H8F4N6OS2. The Morgan fingerprint density at radius 2 is 2.12 bits per heavy atom. The molecule has 3 aromatic rings. The zero-order valence-corrected chi connectivity index (χ0v) is 13.7. The van der Waals surface area contributed by atoms with Crippen molar-refractivity contribution in [2.75, 3.05) is 16.9 Å². The number of carbonyl (C=O) groups is 1. The van der Waals surface area contributed by atoms with Crippen molar-refractivity contribution in [3.05, 3.63) is 29.8 Å². The molecule has 2 heterocycles. The van der Waals surface area contributed by atoms with Crippen molar-refractivity contribution < 1.29 is 22.4 Å². The molecule has 0 saturated heterocycles. The minimum Gasteiger partial charge on any atom is -0.335 e. The molecule has 0 unspecified atom stereocenters. The third kappa shape index (κ3) is 3.82. The van der Waals surface area contributed by atoms with Crippen molar-refractivity contribution in [1.82, 2.24) is 19.9 Å². The fourth-order valence-electron chi connectivity index (χ4n) is 1.81. The van der Waals surface area contributed by atoms with Crippen LogP contribution in [0.4, 0.5) is 22.7 Å². The second-order valence-electron chi connectivity index (χ2n) is 4.64. The van der Waals surface area contributed by atoms with Gasteiger partial charge in [0.2, 0.25) is 11.1 Å². The number of fused-ring (bicyclic) bond motifs is 1. The fraction of sp³-hybridized carbons (Fsp3) is 0.167. The number of amides is 1. The normalized spacial score (nSPS) is 11.8. The number of nitrogen functional groups attached to an aromatic ring is 1. The zero-order valence-electron chi connectivity index (χ0n) is 12.0. The summed E-state index contributed by atoms with van der Waals surface area (Å²) in [5, 5.41) is 8.73. The van der Waals surface area contributed by atoms with E-state index in [4.69, 9.17) is 5.84 Å². The average molecular weight is 392 g/mol. The van der Waals surface area contributed by atoms with Gasteiger partial charge in [0.1, 0.15) is 5.82 Å². The monoisotopic (exact) mass is 392 g/mol. The minimum atomic E-state index is -4.74. The Balaban J connectivity index is 1.64. The summed E-state index contributed by atoms with van der Waals surface area (Å²) in [5.41, 5.74) is 0.519. The highest BCUT2D eigenvalue weighted by Gasteiger charge is 2.38. The number of thioether (sulfide) groups is 1. The number of hydrogen-bond donors (Lipinski definition) is 2. The Morgan fingerprint density at radius 3 is 2.80 bits per heavy atom. The van der Waals surface area contributed by atoms with Crippen LogP contribution in [0, 0.1) is 5.82 Å². The van der Waals surface area contributed by atoms with Crippen LogP contribution in [0.3, 0.4) is 0 Å². The molecule has 0 aliphatic rings. The zero-order chi connectivity index (χ0) is 18.2. The number of anilines is 1. The molecule has 2 aromatic heterocycles. The quantitative estimate of drug-likeness (QED) is 0.402. The van der Waals surface area contributed by atoms with Gasteiger partial charge in [0.25, 0.3) is 5.82 Å². The van der Waals surface area contributed by atoms with Crippen LogP contribution in [0.15, 0.2) is 23.4 Å². The van der Waals surface area contributed by atoms with E-state index in [0.29, 0.717) is 22.0 Å². The van der Waals surface area contributed by atoms with Gasteiger partial charge in [-0.15, -0.1) is 10.2 Å². The molecule has 0 radical (unpaired) electrons. The predicted molar refractivity (Wildman–Crippen MR) is 84.1 cm³/mol. The van der Waals surface area contributed by atoms with Gasteiger partial charge in [0.15, 0.2) is 5.13 Å². The summed E-state index contributed by atoms with van der Waals surface area (Å²) in [6.45, 7) is 0. The van der Waals surface area contributed by atoms with Crippen molar-refractivity contribution in [2.24, 2.45) is 0 Å². The Hall–Kier alpha value is -2.41. The third-order valence-electron chi connectivity index (χ3n) is 2.85. The molecule has 0 aliphatic heterocycles. The van der Waals surface area contributed by atoms with Gasteiger partial charge >= 0.3 is 6.18 Å². The number of aromatic nitrogens is 4. The maximum absolute atomic E-state index is 13.1. The number of thiazole rings is 1. The first-order valence-corrected chi connectivity index (χ1v) is 8.30. The van der Waals surface area contributed by atoms with E-state index in [1.165, 1.54) is 18.2 Å². The average Bonchev–Trinajstić information content (AvgIpc) is 3.07. The first-order chi connectivity index (χ1) is 11.7. The SMILES string of the molecule is Nn1c(SCC(=O)Nc2nc3ccc(F)cc3s2)nnc1C(F)(F)F. The smallest absolute Gasteiger partial charge is 0.335 e. The summed E-state index contributed by atoms with van der Waals surface area (Å²) < 4.78 is 51.6. The van der Waals surface area contributed by atoms with E-state index in [2.05, 4.69) is 20.5 Å². The van der Waals surface area contributed by atoms with Gasteiger partial charge < -0.3 is 11.2 Å². The van der Waals surface area contributed by atoms with Crippen LogP contribution in [0.25, 0.3) is 10.2 Å². The highest BCUT2D eigenvalue weighted by molar-refractivity contribution is 7.99.